The quantitative estimate of drug-likeness (QED) is 0.317. The normalized spacial score (nSPS) is 47.9. The fraction of sp³-hybridized carbons (Fsp3) is 0.719. The zero-order chi connectivity index (χ0) is 28.5. The molecular formula is C32H45F2NO2S. The highest BCUT2D eigenvalue weighted by molar-refractivity contribution is 8.13. The van der Waals surface area contributed by atoms with E-state index >= 15 is 8.78 Å². The Labute approximate surface area is 232 Å². The number of allylic oxidation sites excluding steroid dienone is 5. The summed E-state index contributed by atoms with van der Waals surface area (Å²) >= 11 is 1.27. The summed E-state index contributed by atoms with van der Waals surface area (Å²) in [6.07, 6.45) is 5.80. The number of hydrogen-bond acceptors (Lipinski definition) is 4. The molecule has 0 saturated heterocycles. The Hall–Kier alpha value is -1.56. The number of halogens is 2. The van der Waals surface area contributed by atoms with E-state index in [0.29, 0.717) is 36.2 Å². The van der Waals surface area contributed by atoms with E-state index < -0.39 is 45.0 Å². The van der Waals surface area contributed by atoms with E-state index in [-0.39, 0.29) is 36.1 Å². The van der Waals surface area contributed by atoms with Crippen molar-refractivity contribution in [2.24, 2.45) is 38.0 Å². The molecule has 5 rings (SSSR count). The summed E-state index contributed by atoms with van der Waals surface area (Å²) in [5.41, 5.74) is -5.08. The van der Waals surface area contributed by atoms with Gasteiger partial charge in [-0.05, 0) is 67.6 Å². The summed E-state index contributed by atoms with van der Waals surface area (Å²) in [6.45, 7) is 21.6. The number of nitrogens with zero attached hydrogens (tertiary/aromatic N) is 1. The van der Waals surface area contributed by atoms with Crippen LogP contribution in [0.5, 0.6) is 0 Å². The van der Waals surface area contributed by atoms with Crippen molar-refractivity contribution in [2.75, 3.05) is 5.75 Å². The van der Waals surface area contributed by atoms with Crippen LogP contribution in [0.15, 0.2) is 40.9 Å². The van der Waals surface area contributed by atoms with Crippen molar-refractivity contribution in [3.05, 3.63) is 36.0 Å². The number of rotatable bonds is 6. The molecule has 0 aliphatic heterocycles. The molecule has 4 fully saturated rings. The lowest BCUT2D eigenvalue weighted by molar-refractivity contribution is -0.162. The zero-order valence-corrected chi connectivity index (χ0v) is 25.1. The van der Waals surface area contributed by atoms with Gasteiger partial charge in [0.2, 0.25) is 0 Å². The minimum atomic E-state index is -1.73. The van der Waals surface area contributed by atoms with Crippen LogP contribution < -0.4 is 0 Å². The van der Waals surface area contributed by atoms with Crippen molar-refractivity contribution in [3.63, 3.8) is 0 Å². The maximum atomic E-state index is 18.0. The fourth-order valence-electron chi connectivity index (χ4n) is 10.1. The van der Waals surface area contributed by atoms with Crippen molar-refractivity contribution in [2.45, 2.75) is 105 Å². The Kier molecular flexibility index (Phi) is 7.16. The second kappa shape index (κ2) is 9.24. The minimum absolute atomic E-state index is 0.0307. The topological polar surface area (TPSA) is 46.5 Å². The molecule has 0 radical (unpaired) electrons. The molecule has 4 saturated carbocycles. The molecule has 0 bridgehead atoms. The second-order valence-electron chi connectivity index (χ2n) is 12.4. The number of alkyl halides is 2. The average Bonchev–Trinajstić information content (AvgIpc) is 3.42. The molecule has 5 aliphatic carbocycles. The lowest BCUT2D eigenvalue weighted by Crippen LogP contribution is -2.63. The van der Waals surface area contributed by atoms with Gasteiger partial charge >= 0.3 is 0 Å². The van der Waals surface area contributed by atoms with Crippen molar-refractivity contribution in [1.82, 2.24) is 0 Å². The molecule has 0 aromatic carbocycles. The first-order chi connectivity index (χ1) is 17.8. The zero-order valence-electron chi connectivity index (χ0n) is 24.3. The van der Waals surface area contributed by atoms with Gasteiger partial charge in [0.05, 0.1) is 11.5 Å². The van der Waals surface area contributed by atoms with Crippen LogP contribution in [0.3, 0.4) is 0 Å². The molecule has 210 valence electrons. The third kappa shape index (κ3) is 2.94. The molecule has 0 heterocycles. The van der Waals surface area contributed by atoms with Crippen LogP contribution in [-0.2, 0) is 9.59 Å². The van der Waals surface area contributed by atoms with E-state index in [1.807, 2.05) is 40.7 Å². The number of ketones is 1. The predicted octanol–water partition coefficient (Wildman–Crippen LogP) is 8.05. The average molecular weight is 546 g/mol. The Morgan fingerprint density at radius 2 is 1.82 bits per heavy atom. The monoisotopic (exact) mass is 545 g/mol. The van der Waals surface area contributed by atoms with Gasteiger partial charge in [-0.2, -0.15) is 0 Å². The number of aliphatic imine (C=N–C) groups is 1. The van der Waals surface area contributed by atoms with Gasteiger partial charge in [0.1, 0.15) is 17.6 Å². The van der Waals surface area contributed by atoms with Gasteiger partial charge in [0.25, 0.3) is 0 Å². The van der Waals surface area contributed by atoms with Crippen molar-refractivity contribution in [3.8, 4) is 0 Å². The van der Waals surface area contributed by atoms with Crippen molar-refractivity contribution >= 4 is 29.4 Å². The third-order valence-electron chi connectivity index (χ3n) is 11.7. The molecule has 3 unspecified atom stereocenters. The molecule has 0 aromatic heterocycles. The molecule has 0 N–H and O–H groups in total. The van der Waals surface area contributed by atoms with E-state index in [4.69, 9.17) is 0 Å². The first-order valence-electron chi connectivity index (χ1n) is 14.4. The second-order valence-corrected chi connectivity index (χ2v) is 13.6. The van der Waals surface area contributed by atoms with Crippen LogP contribution in [0.1, 0.15) is 87.0 Å². The van der Waals surface area contributed by atoms with Gasteiger partial charge in [-0.25, -0.2) is 8.78 Å². The van der Waals surface area contributed by atoms with Gasteiger partial charge < -0.3 is 0 Å². The lowest BCUT2D eigenvalue weighted by atomic mass is 9.44. The Bertz CT molecular complexity index is 1130. The molecule has 0 amide bonds. The molecule has 6 heteroatoms. The van der Waals surface area contributed by atoms with Gasteiger partial charge in [0.15, 0.2) is 5.12 Å². The number of thioether (sulfide) groups is 1. The number of Topliss-reactive ketones (excluding diaryl/α,β-unsaturated/α-hetero) is 1. The third-order valence-corrected chi connectivity index (χ3v) is 12.6. The Balaban J connectivity index is 0.00000164. The number of carbonyl (C=O) groups excluding carboxylic acids is 2. The molecular weight excluding hydrogens is 500 g/mol. The van der Waals surface area contributed by atoms with Gasteiger partial charge in [-0.15, -0.1) is 0 Å². The molecule has 2 spiro atoms. The van der Waals surface area contributed by atoms with Crippen LogP contribution in [-0.4, -0.2) is 41.3 Å². The highest BCUT2D eigenvalue weighted by Crippen LogP contribution is 2.94. The van der Waals surface area contributed by atoms with Crippen LogP contribution >= 0.6 is 11.8 Å². The maximum Gasteiger partial charge on any atom is 0.196 e. The van der Waals surface area contributed by atoms with Crippen LogP contribution in [0.4, 0.5) is 8.78 Å². The molecule has 38 heavy (non-hydrogen) atoms. The molecule has 9 atom stereocenters. The summed E-state index contributed by atoms with van der Waals surface area (Å²) < 4.78 is 34.2. The summed E-state index contributed by atoms with van der Waals surface area (Å²) in [6, 6.07) is -0.488. The van der Waals surface area contributed by atoms with Crippen LogP contribution in [0.2, 0.25) is 0 Å². The largest absolute Gasteiger partial charge is 0.300 e. The first-order valence-corrected chi connectivity index (χ1v) is 15.4. The van der Waals surface area contributed by atoms with Gasteiger partial charge in [-0.3, -0.25) is 14.6 Å². The number of carbonyl (C=O) groups is 2. The highest BCUT2D eigenvalue weighted by atomic mass is 32.2. The maximum absolute atomic E-state index is 18.0. The Morgan fingerprint density at radius 1 is 1.16 bits per heavy atom. The minimum Gasteiger partial charge on any atom is -0.300 e. The summed E-state index contributed by atoms with van der Waals surface area (Å²) in [4.78, 5) is 31.6. The van der Waals surface area contributed by atoms with E-state index in [1.165, 1.54) is 11.8 Å². The molecule has 3 nitrogen and oxygen atoms in total. The highest BCUT2D eigenvalue weighted by Gasteiger charge is 2.97. The van der Waals surface area contributed by atoms with E-state index in [0.717, 1.165) is 0 Å². The van der Waals surface area contributed by atoms with Crippen molar-refractivity contribution < 1.29 is 18.4 Å². The van der Waals surface area contributed by atoms with Crippen molar-refractivity contribution in [1.29, 1.82) is 0 Å². The van der Waals surface area contributed by atoms with Crippen LogP contribution in [0.25, 0.3) is 0 Å². The summed E-state index contributed by atoms with van der Waals surface area (Å²) in [5, 5.41) is 0.0307. The summed E-state index contributed by atoms with van der Waals surface area (Å²) in [5.74, 6) is 0.531. The summed E-state index contributed by atoms with van der Waals surface area (Å²) in [7, 11) is 0. The first kappa shape index (κ1) is 29.4. The molecule has 5 aliphatic rings. The SMILES string of the molecule is C=N[C@@H]1C23C[C@H](F)C4=CC(=C)C=CC4(C)[C@@]2(F)CCC2(C)[C@]13C[C@@H](C)[C@]2(CC(=O)CC)C(=O)SCC.CC. The Morgan fingerprint density at radius 3 is 2.39 bits per heavy atom. The van der Waals surface area contributed by atoms with Gasteiger partial charge in [-0.1, -0.05) is 78.1 Å². The smallest absolute Gasteiger partial charge is 0.196 e. The van der Waals surface area contributed by atoms with E-state index in [1.54, 1.807) is 12.2 Å². The predicted molar refractivity (Wildman–Crippen MR) is 154 cm³/mol. The lowest BCUT2D eigenvalue weighted by Gasteiger charge is -2.61. The number of fused-ring (bicyclic) bond motifs is 2. The van der Waals surface area contributed by atoms with E-state index in [2.05, 4.69) is 32.1 Å². The standard InChI is InChI=1S/C30H39F2NO2S.C2H6/c1-8-20(34)16-27(24(35)36-9-2)19(4)15-28-23(33-7)29(28)17-22(31)21-14-18(3)10-11-25(21,5)30(29,32)13-12-26(27,28)6;1-2/h10-11,14,19,22-23H,3,7-9,12-13,15-17H2,1-2,4-6H3;1-2H3/t19-,22+,23+,25?,26?,27-,28+,29?,30+;/m1./s1. The van der Waals surface area contributed by atoms with Crippen LogP contribution in [0, 0.1) is 33.0 Å². The molecule has 0 aromatic rings. The van der Waals surface area contributed by atoms with Gasteiger partial charge in [0, 0.05) is 29.1 Å². The van der Waals surface area contributed by atoms with E-state index in [9.17, 15) is 9.59 Å². The number of hydrogen-bond donors (Lipinski definition) is 0. The fourth-order valence-corrected chi connectivity index (χ4v) is 11.2.